The van der Waals surface area contributed by atoms with Crippen LogP contribution in [0.4, 0.5) is 0 Å². The molecule has 0 aliphatic rings. The van der Waals surface area contributed by atoms with Gasteiger partial charge in [0, 0.05) is 48.9 Å². The molecule has 10 nitrogen and oxygen atoms in total. The summed E-state index contributed by atoms with van der Waals surface area (Å²) in [7, 11) is 1.91. The molecule has 0 aromatic carbocycles. The van der Waals surface area contributed by atoms with Crippen LogP contribution in [0.5, 0.6) is 0 Å². The first-order valence-electron chi connectivity index (χ1n) is 14.3. The van der Waals surface area contributed by atoms with Crippen LogP contribution in [0.15, 0.2) is 0 Å². The van der Waals surface area contributed by atoms with Crippen molar-refractivity contribution in [3.05, 3.63) is 0 Å². The summed E-state index contributed by atoms with van der Waals surface area (Å²) < 4.78 is 23.1. The first kappa shape index (κ1) is 38.6. The highest BCUT2D eigenvalue weighted by atomic mass is 32.1. The minimum absolute atomic E-state index is 0.0142. The summed E-state index contributed by atoms with van der Waals surface area (Å²) >= 11 is 4.37. The van der Waals surface area contributed by atoms with E-state index in [-0.39, 0.29) is 112 Å². The number of amides is 1. The van der Waals surface area contributed by atoms with Gasteiger partial charge in [-0.15, -0.1) is 0 Å². The normalized spacial score (nSPS) is 12.9. The van der Waals surface area contributed by atoms with Crippen LogP contribution >= 0.6 is 12.6 Å². The van der Waals surface area contributed by atoms with E-state index in [1.54, 1.807) is 0 Å². The molecule has 0 aliphatic heterocycles. The summed E-state index contributed by atoms with van der Waals surface area (Å²) in [5.41, 5.74) is -1.11. The van der Waals surface area contributed by atoms with Gasteiger partial charge in [0.15, 0.2) is 0 Å². The Balaban J connectivity index is 5.44. The largest absolute Gasteiger partial charge is 0.378 e. The second-order valence-electron chi connectivity index (χ2n) is 11.3. The Kier molecular flexibility index (Phi) is 20.6. The van der Waals surface area contributed by atoms with Gasteiger partial charge < -0.3 is 24.3 Å². The Morgan fingerprint density at radius 1 is 0.675 bits per heavy atom. The highest BCUT2D eigenvalue weighted by Crippen LogP contribution is 2.12. The SMILES string of the molecule is CC(C)C(=O)CCOCC(COCCC(=O)C(C)C)(COCCC(=O)C(C)C)NC(=O)COCCN(C)C(C)S. The van der Waals surface area contributed by atoms with Gasteiger partial charge in [0.1, 0.15) is 29.5 Å². The molecule has 1 amide bonds. The number of carbonyl (C=O) groups excluding carboxylic acids is 4. The minimum atomic E-state index is -1.11. The van der Waals surface area contributed by atoms with Crippen LogP contribution in [-0.4, -0.2) is 106 Å². The Hall–Kier alpha value is -1.37. The zero-order chi connectivity index (χ0) is 30.7. The van der Waals surface area contributed by atoms with Gasteiger partial charge in [0.2, 0.25) is 5.91 Å². The molecule has 0 radical (unpaired) electrons. The number of carbonyl (C=O) groups is 4. The number of hydrogen-bond acceptors (Lipinski definition) is 10. The van der Waals surface area contributed by atoms with E-state index in [9.17, 15) is 19.2 Å². The van der Waals surface area contributed by atoms with Crippen LogP contribution in [0.3, 0.4) is 0 Å². The van der Waals surface area contributed by atoms with Gasteiger partial charge in [0.25, 0.3) is 0 Å². The molecule has 0 fully saturated rings. The van der Waals surface area contributed by atoms with Crippen molar-refractivity contribution in [2.45, 2.75) is 78.6 Å². The maximum atomic E-state index is 12.9. The van der Waals surface area contributed by atoms with E-state index in [2.05, 4.69) is 17.9 Å². The maximum absolute atomic E-state index is 12.9. The van der Waals surface area contributed by atoms with E-state index in [1.165, 1.54) is 0 Å². The molecular weight excluding hydrogens is 536 g/mol. The number of ketones is 3. The number of ether oxygens (including phenoxy) is 4. The van der Waals surface area contributed by atoms with Crippen molar-refractivity contribution in [1.82, 2.24) is 10.2 Å². The summed E-state index contributed by atoms with van der Waals surface area (Å²) in [6.07, 6.45) is 0.736. The van der Waals surface area contributed by atoms with Crippen LogP contribution in [-0.2, 0) is 38.1 Å². The number of thiol groups is 1. The zero-order valence-corrected chi connectivity index (χ0v) is 26.8. The van der Waals surface area contributed by atoms with E-state index in [0.29, 0.717) is 13.2 Å². The topological polar surface area (TPSA) is 120 Å². The fourth-order valence-electron chi connectivity index (χ4n) is 3.31. The summed E-state index contributed by atoms with van der Waals surface area (Å²) in [4.78, 5) is 51.1. The average Bonchev–Trinajstić information content (AvgIpc) is 2.88. The standard InChI is InChI=1S/C29H54N2O8S/c1-21(2)25(32)9-13-37-18-29(19-38-14-10-26(33)22(3)4,20-39-15-11-27(34)23(5)6)30-28(35)17-36-16-12-31(8)24(7)40/h21-24,40H,9-20H2,1-8H3,(H,30,35). The molecule has 1 N–H and O–H groups in total. The van der Waals surface area contributed by atoms with Crippen LogP contribution in [0.1, 0.15) is 67.7 Å². The fraction of sp³-hybridized carbons (Fsp3) is 0.862. The van der Waals surface area contributed by atoms with E-state index >= 15 is 0 Å². The average molecular weight is 591 g/mol. The molecule has 11 heteroatoms. The van der Waals surface area contributed by atoms with E-state index in [0.717, 1.165) is 0 Å². The number of nitrogens with zero attached hydrogens (tertiary/aromatic N) is 1. The van der Waals surface area contributed by atoms with Crippen molar-refractivity contribution in [3.8, 4) is 0 Å². The zero-order valence-electron chi connectivity index (χ0n) is 26.0. The number of hydrogen-bond donors (Lipinski definition) is 2. The van der Waals surface area contributed by atoms with Gasteiger partial charge in [0.05, 0.1) is 46.2 Å². The number of Topliss-reactive ketones (excluding diaryl/α,β-unsaturated/α-hetero) is 3. The molecule has 0 bridgehead atoms. The van der Waals surface area contributed by atoms with Gasteiger partial charge >= 0.3 is 0 Å². The third-order valence-corrected chi connectivity index (χ3v) is 6.80. The Morgan fingerprint density at radius 2 is 1.05 bits per heavy atom. The quantitative estimate of drug-likeness (QED) is 0.0939. The second-order valence-corrected chi connectivity index (χ2v) is 12.0. The molecule has 0 spiro atoms. The van der Waals surface area contributed by atoms with Crippen molar-refractivity contribution in [1.29, 1.82) is 0 Å². The Morgan fingerprint density at radius 3 is 1.38 bits per heavy atom. The number of likely N-dealkylation sites (N-methyl/N-ethyl adjacent to an activating group) is 1. The molecule has 0 saturated carbocycles. The third kappa shape index (κ3) is 18.1. The molecule has 0 aliphatic carbocycles. The third-order valence-electron chi connectivity index (χ3n) is 6.41. The number of rotatable bonds is 25. The molecule has 0 saturated heterocycles. The summed E-state index contributed by atoms with van der Waals surface area (Å²) in [6.45, 7) is 14.3. The molecule has 0 rings (SSSR count). The van der Waals surface area contributed by atoms with Crippen LogP contribution in [0, 0.1) is 17.8 Å². The molecule has 1 atom stereocenters. The Labute approximate surface area is 247 Å². The lowest BCUT2D eigenvalue weighted by Gasteiger charge is -2.34. The summed E-state index contributed by atoms with van der Waals surface area (Å²) in [6, 6.07) is 0. The molecule has 0 aromatic heterocycles. The van der Waals surface area contributed by atoms with Crippen molar-refractivity contribution in [3.63, 3.8) is 0 Å². The van der Waals surface area contributed by atoms with Gasteiger partial charge in [-0.2, -0.15) is 12.6 Å². The first-order valence-corrected chi connectivity index (χ1v) is 14.8. The Bertz CT molecular complexity index is 689. The second kappa shape index (κ2) is 21.4. The van der Waals surface area contributed by atoms with Gasteiger partial charge in [-0.3, -0.25) is 24.1 Å². The molecule has 1 unspecified atom stereocenters. The van der Waals surface area contributed by atoms with E-state index in [4.69, 9.17) is 18.9 Å². The van der Waals surface area contributed by atoms with Crippen molar-refractivity contribution < 1.29 is 38.1 Å². The van der Waals surface area contributed by atoms with Crippen LogP contribution < -0.4 is 5.32 Å². The molecule has 234 valence electrons. The monoisotopic (exact) mass is 590 g/mol. The van der Waals surface area contributed by atoms with E-state index in [1.807, 2.05) is 60.4 Å². The lowest BCUT2D eigenvalue weighted by molar-refractivity contribution is -0.134. The molecule has 40 heavy (non-hydrogen) atoms. The highest BCUT2D eigenvalue weighted by molar-refractivity contribution is 7.80. The van der Waals surface area contributed by atoms with Gasteiger partial charge in [-0.05, 0) is 14.0 Å². The smallest absolute Gasteiger partial charge is 0.246 e. The van der Waals surface area contributed by atoms with E-state index < -0.39 is 5.54 Å². The summed E-state index contributed by atoms with van der Waals surface area (Å²) in [5.74, 6) is -0.441. The summed E-state index contributed by atoms with van der Waals surface area (Å²) in [5, 5.41) is 3.01. The van der Waals surface area contributed by atoms with Crippen LogP contribution in [0.2, 0.25) is 0 Å². The molecular formula is C29H54N2O8S. The van der Waals surface area contributed by atoms with Gasteiger partial charge in [-0.1, -0.05) is 41.5 Å². The molecule has 0 heterocycles. The van der Waals surface area contributed by atoms with Crippen molar-refractivity contribution in [2.24, 2.45) is 17.8 Å². The lowest BCUT2D eigenvalue weighted by Crippen LogP contribution is -2.59. The lowest BCUT2D eigenvalue weighted by atomic mass is 10.0. The first-order chi connectivity index (χ1) is 18.7. The highest BCUT2D eigenvalue weighted by Gasteiger charge is 2.34. The minimum Gasteiger partial charge on any atom is -0.378 e. The van der Waals surface area contributed by atoms with Crippen molar-refractivity contribution >= 4 is 35.9 Å². The van der Waals surface area contributed by atoms with Crippen molar-refractivity contribution in [2.75, 3.05) is 66.4 Å². The maximum Gasteiger partial charge on any atom is 0.246 e. The van der Waals surface area contributed by atoms with Crippen LogP contribution in [0.25, 0.3) is 0 Å². The predicted molar refractivity (Wildman–Crippen MR) is 159 cm³/mol. The number of nitrogens with one attached hydrogen (secondary N) is 1. The molecule has 0 aromatic rings. The van der Waals surface area contributed by atoms with Gasteiger partial charge in [-0.25, -0.2) is 0 Å². The fourth-order valence-corrected chi connectivity index (χ4v) is 3.43. The predicted octanol–water partition coefficient (Wildman–Crippen LogP) is 2.96.